The van der Waals surface area contributed by atoms with Crippen molar-refractivity contribution >= 4 is 11.8 Å². The third kappa shape index (κ3) is 3.26. The molecular weight excluding hydrogens is 244 g/mol. The standard InChI is InChI=1S/C13H20N4S/c1-13(2,10-14)7-9-18-12-16-15-11-6-4-3-5-8-17(11)12/h3-9H2,1-2H3. The summed E-state index contributed by atoms with van der Waals surface area (Å²) in [7, 11) is 0. The minimum absolute atomic E-state index is 0.241. The van der Waals surface area contributed by atoms with Crippen LogP contribution < -0.4 is 0 Å². The van der Waals surface area contributed by atoms with Crippen molar-refractivity contribution in [2.75, 3.05) is 5.75 Å². The molecular formula is C13H20N4S. The maximum absolute atomic E-state index is 8.99. The molecule has 0 atom stereocenters. The molecule has 0 unspecified atom stereocenters. The predicted octanol–water partition coefficient (Wildman–Crippen LogP) is 3.04. The minimum atomic E-state index is -0.241. The van der Waals surface area contributed by atoms with E-state index >= 15 is 0 Å². The van der Waals surface area contributed by atoms with E-state index in [0.29, 0.717) is 0 Å². The van der Waals surface area contributed by atoms with E-state index in [1.165, 1.54) is 19.3 Å². The molecule has 18 heavy (non-hydrogen) atoms. The Bertz CT molecular complexity index is 444. The highest BCUT2D eigenvalue weighted by Crippen LogP contribution is 2.26. The van der Waals surface area contributed by atoms with Gasteiger partial charge < -0.3 is 4.57 Å². The lowest BCUT2D eigenvalue weighted by molar-refractivity contribution is 0.481. The number of nitrogens with zero attached hydrogens (tertiary/aromatic N) is 4. The normalized spacial score (nSPS) is 15.8. The van der Waals surface area contributed by atoms with Gasteiger partial charge in [-0.25, -0.2) is 0 Å². The molecule has 0 amide bonds. The number of hydrogen-bond acceptors (Lipinski definition) is 4. The zero-order valence-electron chi connectivity index (χ0n) is 11.1. The molecule has 0 saturated heterocycles. The molecule has 2 heterocycles. The second kappa shape index (κ2) is 5.75. The smallest absolute Gasteiger partial charge is 0.191 e. The molecule has 98 valence electrons. The number of aryl methyl sites for hydroxylation is 1. The zero-order valence-corrected chi connectivity index (χ0v) is 12.0. The van der Waals surface area contributed by atoms with E-state index in [2.05, 4.69) is 20.8 Å². The van der Waals surface area contributed by atoms with E-state index < -0.39 is 0 Å². The van der Waals surface area contributed by atoms with Gasteiger partial charge in [-0.2, -0.15) is 5.26 Å². The second-order valence-electron chi connectivity index (χ2n) is 5.46. The molecule has 1 aromatic heterocycles. The lowest BCUT2D eigenvalue weighted by Crippen LogP contribution is -2.09. The molecule has 1 aliphatic rings. The largest absolute Gasteiger partial charge is 0.306 e. The number of nitriles is 1. The summed E-state index contributed by atoms with van der Waals surface area (Å²) in [6.07, 6.45) is 5.68. The number of thioether (sulfide) groups is 1. The van der Waals surface area contributed by atoms with Crippen LogP contribution in [0, 0.1) is 16.7 Å². The van der Waals surface area contributed by atoms with Gasteiger partial charge in [0.05, 0.1) is 11.5 Å². The average Bonchev–Trinajstić information content (AvgIpc) is 2.59. The number of hydrogen-bond donors (Lipinski definition) is 0. The SMILES string of the molecule is CC(C)(C#N)CCSc1nnc2n1CCCCC2. The molecule has 0 N–H and O–H groups in total. The highest BCUT2D eigenvalue weighted by molar-refractivity contribution is 7.99. The van der Waals surface area contributed by atoms with Gasteiger partial charge >= 0.3 is 0 Å². The van der Waals surface area contributed by atoms with Crippen molar-refractivity contribution in [3.63, 3.8) is 0 Å². The summed E-state index contributed by atoms with van der Waals surface area (Å²) in [5.41, 5.74) is -0.241. The van der Waals surface area contributed by atoms with Crippen molar-refractivity contribution in [1.29, 1.82) is 5.26 Å². The van der Waals surface area contributed by atoms with Crippen LogP contribution in [0.1, 0.15) is 45.4 Å². The van der Waals surface area contributed by atoms with Gasteiger partial charge in [0.2, 0.25) is 0 Å². The van der Waals surface area contributed by atoms with Crippen LogP contribution in [-0.4, -0.2) is 20.5 Å². The molecule has 1 aliphatic heterocycles. The highest BCUT2D eigenvalue weighted by Gasteiger charge is 2.18. The average molecular weight is 264 g/mol. The Balaban J connectivity index is 1.95. The predicted molar refractivity (Wildman–Crippen MR) is 72.3 cm³/mol. The zero-order chi connectivity index (χ0) is 13.0. The Morgan fingerprint density at radius 3 is 2.94 bits per heavy atom. The van der Waals surface area contributed by atoms with Crippen LogP contribution >= 0.6 is 11.8 Å². The summed E-state index contributed by atoms with van der Waals surface area (Å²) in [4.78, 5) is 0. The van der Waals surface area contributed by atoms with E-state index in [-0.39, 0.29) is 5.41 Å². The fourth-order valence-corrected chi connectivity index (χ4v) is 3.26. The van der Waals surface area contributed by atoms with Gasteiger partial charge in [0, 0.05) is 18.7 Å². The highest BCUT2D eigenvalue weighted by atomic mass is 32.2. The summed E-state index contributed by atoms with van der Waals surface area (Å²) >= 11 is 1.73. The van der Waals surface area contributed by atoms with Crippen LogP contribution in [0.15, 0.2) is 5.16 Å². The molecule has 0 bridgehead atoms. The van der Waals surface area contributed by atoms with Gasteiger partial charge in [0.25, 0.3) is 0 Å². The molecule has 5 heteroatoms. The summed E-state index contributed by atoms with van der Waals surface area (Å²) in [6, 6.07) is 2.34. The molecule has 0 aliphatic carbocycles. The monoisotopic (exact) mass is 264 g/mol. The van der Waals surface area contributed by atoms with E-state index in [0.717, 1.165) is 36.1 Å². The molecule has 2 rings (SSSR count). The first-order chi connectivity index (χ1) is 8.62. The van der Waals surface area contributed by atoms with Crippen molar-refractivity contribution in [2.45, 2.75) is 57.7 Å². The van der Waals surface area contributed by atoms with Crippen LogP contribution in [0.4, 0.5) is 0 Å². The lowest BCUT2D eigenvalue weighted by atomic mass is 9.93. The second-order valence-corrected chi connectivity index (χ2v) is 6.52. The van der Waals surface area contributed by atoms with Crippen molar-refractivity contribution in [3.05, 3.63) is 5.82 Å². The van der Waals surface area contributed by atoms with Crippen LogP contribution in [0.3, 0.4) is 0 Å². The van der Waals surface area contributed by atoms with Crippen molar-refractivity contribution in [1.82, 2.24) is 14.8 Å². The minimum Gasteiger partial charge on any atom is -0.306 e. The van der Waals surface area contributed by atoms with E-state index in [9.17, 15) is 0 Å². The fraction of sp³-hybridized carbons (Fsp3) is 0.769. The molecule has 0 fully saturated rings. The Morgan fingerprint density at radius 1 is 1.33 bits per heavy atom. The first-order valence-electron chi connectivity index (χ1n) is 6.58. The third-order valence-electron chi connectivity index (χ3n) is 3.34. The Hall–Kier alpha value is -1.02. The molecule has 0 spiro atoms. The number of aromatic nitrogens is 3. The van der Waals surface area contributed by atoms with E-state index in [1.807, 2.05) is 13.8 Å². The Morgan fingerprint density at radius 2 is 2.17 bits per heavy atom. The maximum Gasteiger partial charge on any atom is 0.191 e. The van der Waals surface area contributed by atoms with Gasteiger partial charge in [-0.15, -0.1) is 10.2 Å². The van der Waals surface area contributed by atoms with Crippen molar-refractivity contribution in [2.24, 2.45) is 5.41 Å². The van der Waals surface area contributed by atoms with Crippen molar-refractivity contribution in [3.8, 4) is 6.07 Å². The topological polar surface area (TPSA) is 54.5 Å². The first-order valence-corrected chi connectivity index (χ1v) is 7.57. The summed E-state index contributed by atoms with van der Waals surface area (Å²) < 4.78 is 2.26. The summed E-state index contributed by atoms with van der Waals surface area (Å²) in [5.74, 6) is 2.06. The van der Waals surface area contributed by atoms with Crippen molar-refractivity contribution < 1.29 is 0 Å². The van der Waals surface area contributed by atoms with Gasteiger partial charge in [-0.3, -0.25) is 0 Å². The van der Waals surface area contributed by atoms with Crippen LogP contribution in [0.5, 0.6) is 0 Å². The summed E-state index contributed by atoms with van der Waals surface area (Å²) in [6.45, 7) is 5.02. The molecule has 0 radical (unpaired) electrons. The Labute approximate surface area is 113 Å². The first kappa shape index (κ1) is 13.4. The van der Waals surface area contributed by atoms with Gasteiger partial charge in [0.15, 0.2) is 5.16 Å². The quantitative estimate of drug-likeness (QED) is 0.784. The number of fused-ring (bicyclic) bond motifs is 1. The van der Waals surface area contributed by atoms with Gasteiger partial charge in [0.1, 0.15) is 5.82 Å². The molecule has 4 nitrogen and oxygen atoms in total. The summed E-state index contributed by atoms with van der Waals surface area (Å²) in [5, 5.41) is 18.6. The molecule has 1 aromatic rings. The molecule has 0 saturated carbocycles. The lowest BCUT2D eigenvalue weighted by Gasteiger charge is -2.14. The van der Waals surface area contributed by atoms with Crippen LogP contribution in [0.2, 0.25) is 0 Å². The fourth-order valence-electron chi connectivity index (χ4n) is 2.02. The third-order valence-corrected chi connectivity index (χ3v) is 4.30. The number of rotatable bonds is 4. The van der Waals surface area contributed by atoms with E-state index in [1.54, 1.807) is 11.8 Å². The van der Waals surface area contributed by atoms with E-state index in [4.69, 9.17) is 5.26 Å². The van der Waals surface area contributed by atoms with Crippen LogP contribution in [0.25, 0.3) is 0 Å². The maximum atomic E-state index is 8.99. The molecule has 0 aromatic carbocycles. The van der Waals surface area contributed by atoms with Gasteiger partial charge in [-0.1, -0.05) is 18.2 Å². The van der Waals surface area contributed by atoms with Gasteiger partial charge in [-0.05, 0) is 33.1 Å². The Kier molecular flexibility index (Phi) is 4.28. The van der Waals surface area contributed by atoms with Crippen LogP contribution in [-0.2, 0) is 13.0 Å².